The van der Waals surface area contributed by atoms with E-state index in [0.717, 1.165) is 3.57 Å². The first-order chi connectivity index (χ1) is 15.9. The fourth-order valence-corrected chi connectivity index (χ4v) is 3.72. The Morgan fingerprint density at radius 2 is 1.94 bits per heavy atom. The zero-order valence-electron chi connectivity index (χ0n) is 17.5. The summed E-state index contributed by atoms with van der Waals surface area (Å²) in [5.74, 6) is 0.658. The van der Waals surface area contributed by atoms with Gasteiger partial charge in [0, 0.05) is 22.7 Å². The summed E-state index contributed by atoms with van der Waals surface area (Å²) in [4.78, 5) is 22.7. The van der Waals surface area contributed by atoms with Crippen LogP contribution in [-0.2, 0) is 6.61 Å². The number of carbonyl (C=O) groups excluding carboxylic acids is 1. The number of nitrogens with one attached hydrogen (secondary N) is 1. The van der Waals surface area contributed by atoms with Gasteiger partial charge in [-0.25, -0.2) is 5.43 Å². The Balaban J connectivity index is 1.72. The third-order valence-corrected chi connectivity index (χ3v) is 5.38. The van der Waals surface area contributed by atoms with E-state index in [-0.39, 0.29) is 18.2 Å². The molecule has 10 heteroatoms. The molecule has 0 unspecified atom stereocenters. The van der Waals surface area contributed by atoms with E-state index in [0.29, 0.717) is 39.8 Å². The predicted molar refractivity (Wildman–Crippen MR) is 134 cm³/mol. The second-order valence-electron chi connectivity index (χ2n) is 6.68. The summed E-state index contributed by atoms with van der Waals surface area (Å²) in [6, 6.07) is 16.3. The molecule has 0 heterocycles. The zero-order valence-corrected chi connectivity index (χ0v) is 20.4. The summed E-state index contributed by atoms with van der Waals surface area (Å²) in [5, 5.41) is 15.5. The Labute approximate surface area is 208 Å². The van der Waals surface area contributed by atoms with Crippen LogP contribution in [0.15, 0.2) is 65.8 Å². The number of ether oxygens (including phenoxy) is 2. The van der Waals surface area contributed by atoms with Crippen molar-refractivity contribution in [1.29, 1.82) is 0 Å². The van der Waals surface area contributed by atoms with Gasteiger partial charge in [0.15, 0.2) is 11.5 Å². The second-order valence-corrected chi connectivity index (χ2v) is 8.28. The molecule has 0 fully saturated rings. The lowest BCUT2D eigenvalue weighted by atomic mass is 10.2. The maximum absolute atomic E-state index is 12.2. The smallest absolute Gasteiger partial charge is 0.271 e. The van der Waals surface area contributed by atoms with E-state index in [4.69, 9.17) is 21.1 Å². The van der Waals surface area contributed by atoms with Crippen molar-refractivity contribution in [2.24, 2.45) is 5.10 Å². The van der Waals surface area contributed by atoms with Gasteiger partial charge in [0.05, 0.1) is 21.3 Å². The van der Waals surface area contributed by atoms with Gasteiger partial charge in [-0.2, -0.15) is 5.10 Å². The molecule has 170 valence electrons. The van der Waals surface area contributed by atoms with Crippen LogP contribution in [0.1, 0.15) is 28.4 Å². The lowest BCUT2D eigenvalue weighted by molar-refractivity contribution is -0.384. The topological polar surface area (TPSA) is 103 Å². The third-order valence-electron chi connectivity index (χ3n) is 4.32. The van der Waals surface area contributed by atoms with Crippen LogP contribution in [0.3, 0.4) is 0 Å². The zero-order chi connectivity index (χ0) is 23.8. The highest BCUT2D eigenvalue weighted by atomic mass is 127. The number of halogens is 2. The monoisotopic (exact) mass is 579 g/mol. The minimum Gasteiger partial charge on any atom is -0.490 e. The molecule has 0 spiro atoms. The van der Waals surface area contributed by atoms with E-state index in [1.807, 2.05) is 13.0 Å². The van der Waals surface area contributed by atoms with Crippen LogP contribution in [0, 0.1) is 13.7 Å². The van der Waals surface area contributed by atoms with Crippen molar-refractivity contribution in [2.75, 3.05) is 6.61 Å². The molecule has 1 amide bonds. The number of nitrogens with zero attached hydrogens (tertiary/aromatic N) is 2. The van der Waals surface area contributed by atoms with Crippen LogP contribution in [0.4, 0.5) is 5.69 Å². The molecular formula is C23H19ClIN3O5. The summed E-state index contributed by atoms with van der Waals surface area (Å²) in [6.07, 6.45) is 1.50. The van der Waals surface area contributed by atoms with Crippen molar-refractivity contribution in [3.8, 4) is 11.5 Å². The number of non-ortho nitro benzene ring substituents is 1. The van der Waals surface area contributed by atoms with E-state index in [1.165, 1.54) is 18.3 Å². The minimum absolute atomic E-state index is 0.00281. The van der Waals surface area contributed by atoms with Crippen molar-refractivity contribution in [3.05, 3.63) is 96.1 Å². The number of hydrogen-bond acceptors (Lipinski definition) is 6. The molecule has 0 bridgehead atoms. The predicted octanol–water partition coefficient (Wildman–Crippen LogP) is 5.59. The van der Waals surface area contributed by atoms with Crippen molar-refractivity contribution in [1.82, 2.24) is 5.43 Å². The highest BCUT2D eigenvalue weighted by Gasteiger charge is 2.13. The quantitative estimate of drug-likeness (QED) is 0.154. The molecule has 0 saturated carbocycles. The molecule has 1 N–H and O–H groups in total. The average Bonchev–Trinajstić information content (AvgIpc) is 2.79. The van der Waals surface area contributed by atoms with Crippen molar-refractivity contribution in [2.45, 2.75) is 13.5 Å². The van der Waals surface area contributed by atoms with Crippen molar-refractivity contribution >= 4 is 52.0 Å². The Hall–Kier alpha value is -3.18. The first kappa shape index (κ1) is 24.5. The van der Waals surface area contributed by atoms with Gasteiger partial charge in [0.2, 0.25) is 0 Å². The third kappa shape index (κ3) is 6.90. The number of hydrazone groups is 1. The van der Waals surface area contributed by atoms with Crippen LogP contribution < -0.4 is 14.9 Å². The molecule has 0 aliphatic carbocycles. The molecule has 3 aromatic carbocycles. The SMILES string of the molecule is CCOc1cc(/C=N\NC(=O)c2ccc(Cl)cc2)cc(I)c1OCc1cccc([N+](=O)[O-])c1. The lowest BCUT2D eigenvalue weighted by Gasteiger charge is -2.14. The van der Waals surface area contributed by atoms with Crippen LogP contribution in [0.5, 0.6) is 11.5 Å². The number of benzene rings is 3. The van der Waals surface area contributed by atoms with Gasteiger partial charge in [0.25, 0.3) is 11.6 Å². The van der Waals surface area contributed by atoms with Gasteiger partial charge >= 0.3 is 0 Å². The highest BCUT2D eigenvalue weighted by molar-refractivity contribution is 14.1. The van der Waals surface area contributed by atoms with Gasteiger partial charge < -0.3 is 9.47 Å². The largest absolute Gasteiger partial charge is 0.490 e. The first-order valence-corrected chi connectivity index (χ1v) is 11.2. The summed E-state index contributed by atoms with van der Waals surface area (Å²) in [5.41, 5.74) is 4.27. The fourth-order valence-electron chi connectivity index (χ4n) is 2.81. The Morgan fingerprint density at radius 3 is 2.64 bits per heavy atom. The van der Waals surface area contributed by atoms with Gasteiger partial charge in [-0.1, -0.05) is 23.7 Å². The Bertz CT molecular complexity index is 1190. The molecule has 3 aromatic rings. The molecular weight excluding hydrogens is 561 g/mol. The maximum Gasteiger partial charge on any atom is 0.271 e. The number of amides is 1. The maximum atomic E-state index is 12.2. The molecule has 0 saturated heterocycles. The van der Waals surface area contributed by atoms with E-state index in [2.05, 4.69) is 33.1 Å². The summed E-state index contributed by atoms with van der Waals surface area (Å²) < 4.78 is 12.4. The van der Waals surface area contributed by atoms with E-state index >= 15 is 0 Å². The van der Waals surface area contributed by atoms with E-state index in [9.17, 15) is 14.9 Å². The molecule has 0 aromatic heterocycles. The number of rotatable bonds is 9. The van der Waals surface area contributed by atoms with E-state index < -0.39 is 4.92 Å². The number of nitro benzene ring substituents is 1. The van der Waals surface area contributed by atoms with Crippen molar-refractivity contribution < 1.29 is 19.2 Å². The number of carbonyl (C=O) groups is 1. The lowest BCUT2D eigenvalue weighted by Crippen LogP contribution is -2.17. The van der Waals surface area contributed by atoms with Crippen molar-refractivity contribution in [3.63, 3.8) is 0 Å². The Morgan fingerprint density at radius 1 is 1.18 bits per heavy atom. The Kier molecular flexibility index (Phi) is 8.61. The second kappa shape index (κ2) is 11.6. The van der Waals surface area contributed by atoms with Gasteiger partial charge in [-0.3, -0.25) is 14.9 Å². The standard InChI is InChI=1S/C23H19ClIN3O5/c1-2-32-21-12-16(13-26-27-23(29)17-6-8-18(24)9-7-17)11-20(25)22(21)33-14-15-4-3-5-19(10-15)28(30)31/h3-13H,2,14H2,1H3,(H,27,29)/b26-13-. The van der Waals surface area contributed by atoms with E-state index in [1.54, 1.807) is 42.5 Å². The number of hydrogen-bond donors (Lipinski definition) is 1. The molecule has 0 aliphatic rings. The highest BCUT2D eigenvalue weighted by Crippen LogP contribution is 2.34. The van der Waals surface area contributed by atoms with Crippen LogP contribution in [0.2, 0.25) is 5.02 Å². The minimum atomic E-state index is -0.446. The van der Waals surface area contributed by atoms with Gasteiger partial charge in [-0.05, 0) is 77.0 Å². The molecule has 33 heavy (non-hydrogen) atoms. The molecule has 0 atom stereocenters. The molecule has 0 radical (unpaired) electrons. The fraction of sp³-hybridized carbons (Fsp3) is 0.130. The molecule has 0 aliphatic heterocycles. The van der Waals surface area contributed by atoms with Crippen LogP contribution in [0.25, 0.3) is 0 Å². The van der Waals surface area contributed by atoms with Crippen LogP contribution >= 0.6 is 34.2 Å². The normalized spacial score (nSPS) is 10.8. The number of nitro groups is 1. The molecule has 3 rings (SSSR count). The summed E-state index contributed by atoms with van der Waals surface area (Å²) in [6.45, 7) is 2.41. The van der Waals surface area contributed by atoms with Gasteiger partial charge in [-0.15, -0.1) is 0 Å². The summed E-state index contributed by atoms with van der Waals surface area (Å²) in [7, 11) is 0. The van der Waals surface area contributed by atoms with Crippen LogP contribution in [-0.4, -0.2) is 23.7 Å². The average molecular weight is 580 g/mol. The summed E-state index contributed by atoms with van der Waals surface area (Å²) >= 11 is 7.95. The molecule has 8 nitrogen and oxygen atoms in total. The first-order valence-electron chi connectivity index (χ1n) is 9.79. The van der Waals surface area contributed by atoms with Gasteiger partial charge in [0.1, 0.15) is 6.61 Å².